The number of amides is 1. The lowest BCUT2D eigenvalue weighted by atomic mass is 9.94. The van der Waals surface area contributed by atoms with Gasteiger partial charge in [-0.2, -0.15) is 0 Å². The summed E-state index contributed by atoms with van der Waals surface area (Å²) in [6, 6.07) is 5.65. The molecule has 2 rings (SSSR count). The van der Waals surface area contributed by atoms with Gasteiger partial charge in [0, 0.05) is 31.0 Å². The van der Waals surface area contributed by atoms with Crippen LogP contribution >= 0.6 is 0 Å². The van der Waals surface area contributed by atoms with Crippen molar-refractivity contribution in [2.45, 2.75) is 26.2 Å². The van der Waals surface area contributed by atoms with E-state index in [0.717, 1.165) is 32.5 Å². The number of benzene rings is 1. The van der Waals surface area contributed by atoms with E-state index in [1.807, 2.05) is 11.9 Å². The molecule has 2 unspecified atom stereocenters. The fraction of sp³-hybridized carbons (Fsp3) is 0.556. The third-order valence-electron chi connectivity index (χ3n) is 4.40. The number of likely N-dealkylation sites (tertiary alicyclic amines) is 1. The first-order valence-electron chi connectivity index (χ1n) is 8.23. The Balaban J connectivity index is 1.92. The van der Waals surface area contributed by atoms with Gasteiger partial charge in [0.15, 0.2) is 5.78 Å². The molecule has 1 aromatic carbocycles. The van der Waals surface area contributed by atoms with Crippen molar-refractivity contribution in [3.05, 3.63) is 35.6 Å². The topological polar surface area (TPSA) is 49.4 Å². The monoisotopic (exact) mass is 320 g/mol. The first kappa shape index (κ1) is 17.6. The molecule has 0 saturated carbocycles. The molecule has 2 atom stereocenters. The van der Waals surface area contributed by atoms with Gasteiger partial charge in [0.05, 0.1) is 0 Å². The molecule has 1 aliphatic rings. The molecule has 0 radical (unpaired) electrons. The molecule has 5 heteroatoms. The third kappa shape index (κ3) is 4.86. The van der Waals surface area contributed by atoms with E-state index in [9.17, 15) is 14.0 Å². The smallest absolute Gasteiger partial charge is 0.223 e. The molecule has 126 valence electrons. The average Bonchev–Trinajstić information content (AvgIpc) is 2.54. The predicted octanol–water partition coefficient (Wildman–Crippen LogP) is 2.49. The zero-order valence-corrected chi connectivity index (χ0v) is 13.8. The second-order valence-corrected chi connectivity index (χ2v) is 6.39. The maximum atomic E-state index is 13.2. The number of ketones is 1. The van der Waals surface area contributed by atoms with Crippen LogP contribution in [-0.2, 0) is 4.79 Å². The highest BCUT2D eigenvalue weighted by Gasteiger charge is 2.26. The SMILES string of the molecule is CNCC1CCCN(C(=O)CC(C)C(=O)c2cccc(F)c2)C1. The van der Waals surface area contributed by atoms with Gasteiger partial charge >= 0.3 is 0 Å². The van der Waals surface area contributed by atoms with Crippen LogP contribution in [0.15, 0.2) is 24.3 Å². The molecule has 0 bridgehead atoms. The lowest BCUT2D eigenvalue weighted by Gasteiger charge is -2.33. The highest BCUT2D eigenvalue weighted by Crippen LogP contribution is 2.19. The summed E-state index contributed by atoms with van der Waals surface area (Å²) in [5, 5.41) is 3.16. The maximum absolute atomic E-state index is 13.2. The van der Waals surface area contributed by atoms with Gasteiger partial charge < -0.3 is 10.2 Å². The zero-order valence-electron chi connectivity index (χ0n) is 13.8. The van der Waals surface area contributed by atoms with Crippen LogP contribution in [0.2, 0.25) is 0 Å². The van der Waals surface area contributed by atoms with Crippen molar-refractivity contribution in [3.8, 4) is 0 Å². The minimum atomic E-state index is -0.436. The number of carbonyl (C=O) groups is 2. The van der Waals surface area contributed by atoms with Crippen LogP contribution in [0.4, 0.5) is 4.39 Å². The fourth-order valence-electron chi connectivity index (χ4n) is 3.16. The van der Waals surface area contributed by atoms with Crippen molar-refractivity contribution in [2.75, 3.05) is 26.7 Å². The Labute approximate surface area is 137 Å². The number of hydrogen-bond acceptors (Lipinski definition) is 3. The predicted molar refractivity (Wildman–Crippen MR) is 87.7 cm³/mol. The van der Waals surface area contributed by atoms with Crippen molar-refractivity contribution < 1.29 is 14.0 Å². The maximum Gasteiger partial charge on any atom is 0.223 e. The lowest BCUT2D eigenvalue weighted by molar-refractivity contribution is -0.133. The van der Waals surface area contributed by atoms with Crippen LogP contribution in [0.3, 0.4) is 0 Å². The summed E-state index contributed by atoms with van der Waals surface area (Å²) in [4.78, 5) is 26.6. The molecule has 1 aliphatic heterocycles. The van der Waals surface area contributed by atoms with E-state index in [4.69, 9.17) is 0 Å². The zero-order chi connectivity index (χ0) is 16.8. The quantitative estimate of drug-likeness (QED) is 0.819. The largest absolute Gasteiger partial charge is 0.342 e. The van der Waals surface area contributed by atoms with Gasteiger partial charge in [0.1, 0.15) is 5.82 Å². The summed E-state index contributed by atoms with van der Waals surface area (Å²) in [6.45, 7) is 4.15. The van der Waals surface area contributed by atoms with E-state index < -0.39 is 11.7 Å². The van der Waals surface area contributed by atoms with E-state index in [1.165, 1.54) is 18.2 Å². The Hall–Kier alpha value is -1.75. The van der Waals surface area contributed by atoms with Crippen molar-refractivity contribution in [3.63, 3.8) is 0 Å². The Bertz CT molecular complexity index is 560. The molecule has 1 amide bonds. The van der Waals surface area contributed by atoms with Crippen molar-refractivity contribution in [1.29, 1.82) is 0 Å². The minimum absolute atomic E-state index is 0.0167. The Morgan fingerprint density at radius 2 is 2.22 bits per heavy atom. The first-order valence-corrected chi connectivity index (χ1v) is 8.23. The average molecular weight is 320 g/mol. The standard InChI is InChI=1S/C18H25FN2O2/c1-13(18(23)15-6-3-7-16(19)10-15)9-17(22)21-8-4-5-14(12-21)11-20-2/h3,6-7,10,13-14,20H,4-5,8-9,11-12H2,1-2H3. The van der Waals surface area contributed by atoms with Crippen molar-refractivity contribution >= 4 is 11.7 Å². The Morgan fingerprint density at radius 1 is 1.43 bits per heavy atom. The van der Waals surface area contributed by atoms with Gasteiger partial charge in [-0.05, 0) is 44.5 Å². The molecule has 0 aliphatic carbocycles. The summed E-state index contributed by atoms with van der Waals surface area (Å²) >= 11 is 0. The van der Waals surface area contributed by atoms with Crippen LogP contribution in [0.25, 0.3) is 0 Å². The summed E-state index contributed by atoms with van der Waals surface area (Å²) in [5.74, 6) is -0.550. The molecule has 23 heavy (non-hydrogen) atoms. The van der Waals surface area contributed by atoms with E-state index in [-0.39, 0.29) is 18.1 Å². The lowest BCUT2D eigenvalue weighted by Crippen LogP contribution is -2.43. The molecular weight excluding hydrogens is 295 g/mol. The summed E-state index contributed by atoms with van der Waals surface area (Å²) in [5.41, 5.74) is 0.331. The molecule has 1 heterocycles. The number of hydrogen-bond donors (Lipinski definition) is 1. The number of Topliss-reactive ketones (excluding diaryl/α,β-unsaturated/α-hetero) is 1. The molecule has 1 saturated heterocycles. The van der Waals surface area contributed by atoms with Crippen LogP contribution in [0.1, 0.15) is 36.5 Å². The van der Waals surface area contributed by atoms with Gasteiger partial charge in [-0.15, -0.1) is 0 Å². The van der Waals surface area contributed by atoms with E-state index in [1.54, 1.807) is 13.0 Å². The van der Waals surface area contributed by atoms with Gasteiger partial charge in [0.25, 0.3) is 0 Å². The molecule has 0 aromatic heterocycles. The van der Waals surface area contributed by atoms with Crippen LogP contribution in [-0.4, -0.2) is 43.3 Å². The van der Waals surface area contributed by atoms with Crippen LogP contribution in [0.5, 0.6) is 0 Å². The number of nitrogens with one attached hydrogen (secondary N) is 1. The van der Waals surface area contributed by atoms with Crippen molar-refractivity contribution in [1.82, 2.24) is 10.2 Å². The second kappa shape index (κ2) is 8.20. The minimum Gasteiger partial charge on any atom is -0.342 e. The molecule has 1 aromatic rings. The molecule has 1 N–H and O–H groups in total. The third-order valence-corrected chi connectivity index (χ3v) is 4.40. The first-order chi connectivity index (χ1) is 11.0. The fourth-order valence-corrected chi connectivity index (χ4v) is 3.16. The van der Waals surface area contributed by atoms with Crippen LogP contribution < -0.4 is 5.32 Å². The van der Waals surface area contributed by atoms with Gasteiger partial charge in [-0.3, -0.25) is 9.59 Å². The number of nitrogens with zero attached hydrogens (tertiary/aromatic N) is 1. The van der Waals surface area contributed by atoms with Gasteiger partial charge in [0.2, 0.25) is 5.91 Å². The Morgan fingerprint density at radius 3 is 2.91 bits per heavy atom. The van der Waals surface area contributed by atoms with Crippen molar-refractivity contribution in [2.24, 2.45) is 11.8 Å². The van der Waals surface area contributed by atoms with Crippen LogP contribution in [0, 0.1) is 17.7 Å². The molecule has 1 fully saturated rings. The summed E-state index contributed by atoms with van der Waals surface area (Å²) < 4.78 is 13.2. The number of carbonyl (C=O) groups excluding carboxylic acids is 2. The number of halogens is 1. The summed E-state index contributed by atoms with van der Waals surface area (Å²) in [6.07, 6.45) is 2.31. The number of rotatable bonds is 6. The van der Waals surface area contributed by atoms with Gasteiger partial charge in [-0.1, -0.05) is 19.1 Å². The summed E-state index contributed by atoms with van der Waals surface area (Å²) in [7, 11) is 1.92. The van der Waals surface area contributed by atoms with E-state index in [2.05, 4.69) is 5.32 Å². The second-order valence-electron chi connectivity index (χ2n) is 6.39. The Kier molecular flexibility index (Phi) is 6.28. The molecule has 0 spiro atoms. The van der Waals surface area contributed by atoms with E-state index >= 15 is 0 Å². The molecular formula is C18H25FN2O2. The molecule has 4 nitrogen and oxygen atoms in total. The van der Waals surface area contributed by atoms with E-state index in [0.29, 0.717) is 11.5 Å². The highest BCUT2D eigenvalue weighted by atomic mass is 19.1. The number of piperidine rings is 1. The normalized spacial score (nSPS) is 19.4. The van der Waals surface area contributed by atoms with Gasteiger partial charge in [-0.25, -0.2) is 4.39 Å². The highest BCUT2D eigenvalue weighted by molar-refractivity contribution is 5.99.